The van der Waals surface area contributed by atoms with Crippen molar-refractivity contribution in [1.29, 1.82) is 0 Å². The van der Waals surface area contributed by atoms with E-state index in [0.29, 0.717) is 6.42 Å². The Hall–Kier alpha value is -1.56. The second kappa shape index (κ2) is 10.3. The van der Waals surface area contributed by atoms with Gasteiger partial charge in [0.1, 0.15) is 10.6 Å². The fraction of sp³-hybridized carbons (Fsp3) is 0.611. The normalized spacial score (nSPS) is 11.4. The summed E-state index contributed by atoms with van der Waals surface area (Å²) < 4.78 is 29.3. The molecule has 0 amide bonds. The summed E-state index contributed by atoms with van der Waals surface area (Å²) in [4.78, 5) is 11.3. The maximum Gasteiger partial charge on any atom is 0.337 e. The van der Waals surface area contributed by atoms with Gasteiger partial charge in [0.15, 0.2) is 9.84 Å². The molecule has 0 bridgehead atoms. The van der Waals surface area contributed by atoms with Crippen LogP contribution in [-0.4, -0.2) is 32.4 Å². The van der Waals surface area contributed by atoms with E-state index < -0.39 is 15.8 Å². The van der Waals surface area contributed by atoms with Gasteiger partial charge in [-0.3, -0.25) is 0 Å². The Morgan fingerprint density at radius 2 is 1.62 bits per heavy atom. The molecule has 136 valence electrons. The van der Waals surface area contributed by atoms with E-state index in [4.69, 9.17) is 0 Å². The molecule has 0 unspecified atom stereocenters. The lowest BCUT2D eigenvalue weighted by Gasteiger charge is -2.08. The van der Waals surface area contributed by atoms with Crippen molar-refractivity contribution in [3.05, 3.63) is 23.8 Å². The van der Waals surface area contributed by atoms with Gasteiger partial charge in [0.25, 0.3) is 0 Å². The number of ether oxygens (including phenoxy) is 1. The molecule has 0 heterocycles. The largest absolute Gasteiger partial charge is 0.507 e. The van der Waals surface area contributed by atoms with Crippen LogP contribution in [0.15, 0.2) is 23.1 Å². The number of hydrogen-bond donors (Lipinski definition) is 1. The highest BCUT2D eigenvalue weighted by molar-refractivity contribution is 7.91. The van der Waals surface area contributed by atoms with Crippen molar-refractivity contribution in [2.24, 2.45) is 0 Å². The van der Waals surface area contributed by atoms with Crippen molar-refractivity contribution in [2.75, 3.05) is 12.9 Å². The summed E-state index contributed by atoms with van der Waals surface area (Å²) in [5.41, 5.74) is 0.116. The number of sulfone groups is 1. The van der Waals surface area contributed by atoms with Crippen LogP contribution in [0.4, 0.5) is 0 Å². The molecule has 1 aromatic carbocycles. The topological polar surface area (TPSA) is 80.7 Å². The van der Waals surface area contributed by atoms with Gasteiger partial charge in [0.2, 0.25) is 0 Å². The molecule has 0 spiro atoms. The van der Waals surface area contributed by atoms with Crippen LogP contribution in [0.3, 0.4) is 0 Å². The fourth-order valence-corrected chi connectivity index (χ4v) is 4.04. The van der Waals surface area contributed by atoms with Crippen molar-refractivity contribution in [3.8, 4) is 5.75 Å². The zero-order valence-corrected chi connectivity index (χ0v) is 15.4. The summed E-state index contributed by atoms with van der Waals surface area (Å²) in [7, 11) is -2.39. The van der Waals surface area contributed by atoms with Gasteiger partial charge in [0, 0.05) is 0 Å². The van der Waals surface area contributed by atoms with Crippen molar-refractivity contribution >= 4 is 15.8 Å². The third-order valence-corrected chi connectivity index (χ3v) is 5.81. The standard InChI is InChI=1S/C18H28O5S/c1-3-4-5-6-7-8-9-10-13-24(21,22)17-14-15(18(20)23-2)11-12-16(17)19/h11-12,14,19H,3-10,13H2,1-2H3. The van der Waals surface area contributed by atoms with Crippen LogP contribution in [-0.2, 0) is 14.6 Å². The summed E-state index contributed by atoms with van der Waals surface area (Å²) in [6.45, 7) is 2.18. The number of phenolic OH excluding ortho intramolecular Hbond substituents is 1. The van der Waals surface area contributed by atoms with E-state index in [1.54, 1.807) is 0 Å². The van der Waals surface area contributed by atoms with Gasteiger partial charge in [-0.15, -0.1) is 0 Å². The minimum Gasteiger partial charge on any atom is -0.507 e. The number of carbonyl (C=O) groups is 1. The monoisotopic (exact) mass is 356 g/mol. The van der Waals surface area contributed by atoms with Gasteiger partial charge in [-0.2, -0.15) is 0 Å². The van der Waals surface area contributed by atoms with Crippen molar-refractivity contribution in [3.63, 3.8) is 0 Å². The van der Waals surface area contributed by atoms with Crippen molar-refractivity contribution < 1.29 is 23.1 Å². The van der Waals surface area contributed by atoms with E-state index in [1.807, 2.05) is 0 Å². The number of esters is 1. The molecule has 0 radical (unpaired) electrons. The van der Waals surface area contributed by atoms with Gasteiger partial charge in [-0.25, -0.2) is 13.2 Å². The molecule has 0 fully saturated rings. The van der Waals surface area contributed by atoms with Gasteiger partial charge in [-0.05, 0) is 24.6 Å². The summed E-state index contributed by atoms with van der Waals surface area (Å²) in [5.74, 6) is -0.985. The lowest BCUT2D eigenvalue weighted by molar-refractivity contribution is 0.0600. The zero-order valence-electron chi connectivity index (χ0n) is 14.6. The molecule has 0 saturated carbocycles. The summed E-state index contributed by atoms with van der Waals surface area (Å²) >= 11 is 0. The predicted octanol–water partition coefficient (Wildman–Crippen LogP) is 4.09. The number of benzene rings is 1. The molecule has 1 rings (SSSR count). The highest BCUT2D eigenvalue weighted by Gasteiger charge is 2.20. The maximum absolute atomic E-state index is 12.4. The first kappa shape index (κ1) is 20.5. The molecule has 6 heteroatoms. The minimum atomic E-state index is -3.61. The predicted molar refractivity (Wildman–Crippen MR) is 94.1 cm³/mol. The zero-order chi connectivity index (χ0) is 18.0. The third kappa shape index (κ3) is 6.51. The van der Waals surface area contributed by atoms with Gasteiger partial charge < -0.3 is 9.84 Å². The Labute approximate surface area is 145 Å². The molecule has 1 N–H and O–H groups in total. The highest BCUT2D eigenvalue weighted by atomic mass is 32.2. The first-order chi connectivity index (χ1) is 11.4. The van der Waals surface area contributed by atoms with Crippen LogP contribution in [0, 0.1) is 0 Å². The Morgan fingerprint density at radius 3 is 2.21 bits per heavy atom. The number of rotatable bonds is 11. The molecular formula is C18H28O5S. The van der Waals surface area contributed by atoms with E-state index in [2.05, 4.69) is 11.7 Å². The number of unbranched alkanes of at least 4 members (excludes halogenated alkanes) is 7. The number of carbonyl (C=O) groups excluding carboxylic acids is 1. The van der Waals surface area contributed by atoms with E-state index >= 15 is 0 Å². The van der Waals surface area contributed by atoms with E-state index in [0.717, 1.165) is 19.3 Å². The number of hydrogen-bond acceptors (Lipinski definition) is 5. The fourth-order valence-electron chi connectivity index (χ4n) is 2.54. The van der Waals surface area contributed by atoms with Crippen LogP contribution in [0.5, 0.6) is 5.75 Å². The highest BCUT2D eigenvalue weighted by Crippen LogP contribution is 2.26. The van der Waals surface area contributed by atoms with Crippen LogP contribution in [0.25, 0.3) is 0 Å². The molecule has 5 nitrogen and oxygen atoms in total. The Balaban J connectivity index is 2.55. The third-order valence-electron chi connectivity index (χ3n) is 3.98. The van der Waals surface area contributed by atoms with Crippen LogP contribution < -0.4 is 0 Å². The maximum atomic E-state index is 12.4. The SMILES string of the molecule is CCCCCCCCCCS(=O)(=O)c1cc(C(=O)OC)ccc1O. The Morgan fingerprint density at radius 1 is 1.04 bits per heavy atom. The molecule has 0 aliphatic carbocycles. The van der Waals surface area contributed by atoms with Crippen LogP contribution in [0.2, 0.25) is 0 Å². The molecule has 0 aliphatic heterocycles. The molecule has 0 saturated heterocycles. The molecule has 24 heavy (non-hydrogen) atoms. The molecule has 0 aliphatic rings. The Kier molecular flexibility index (Phi) is 8.82. The quantitative estimate of drug-likeness (QED) is 0.477. The minimum absolute atomic E-state index is 0.0276. The lowest BCUT2D eigenvalue weighted by atomic mass is 10.1. The molecule has 1 aromatic rings. The first-order valence-corrected chi connectivity index (χ1v) is 10.2. The smallest absolute Gasteiger partial charge is 0.337 e. The number of methoxy groups -OCH3 is 1. The second-order valence-corrected chi connectivity index (χ2v) is 8.05. The summed E-state index contributed by atoms with van der Waals surface area (Å²) in [6, 6.07) is 3.74. The van der Waals surface area contributed by atoms with E-state index in [9.17, 15) is 18.3 Å². The Bertz CT molecular complexity index is 622. The van der Waals surface area contributed by atoms with E-state index in [-0.39, 0.29) is 22.0 Å². The van der Waals surface area contributed by atoms with Crippen molar-refractivity contribution in [1.82, 2.24) is 0 Å². The van der Waals surface area contributed by atoms with Crippen molar-refractivity contribution in [2.45, 2.75) is 63.2 Å². The number of aromatic hydroxyl groups is 1. The van der Waals surface area contributed by atoms with Crippen LogP contribution in [0.1, 0.15) is 68.6 Å². The van der Waals surface area contributed by atoms with Gasteiger partial charge in [-0.1, -0.05) is 51.9 Å². The lowest BCUT2D eigenvalue weighted by Crippen LogP contribution is -2.09. The second-order valence-electron chi connectivity index (χ2n) is 5.97. The summed E-state index contributed by atoms with van der Waals surface area (Å²) in [6.07, 6.45) is 8.46. The average molecular weight is 356 g/mol. The molecule has 0 aromatic heterocycles. The summed E-state index contributed by atoms with van der Waals surface area (Å²) in [5, 5.41) is 9.82. The van der Waals surface area contributed by atoms with Gasteiger partial charge in [0.05, 0.1) is 18.4 Å². The number of phenols is 1. The van der Waals surface area contributed by atoms with E-state index in [1.165, 1.54) is 51.0 Å². The van der Waals surface area contributed by atoms with Gasteiger partial charge >= 0.3 is 5.97 Å². The average Bonchev–Trinajstić information content (AvgIpc) is 2.56. The molecular weight excluding hydrogens is 328 g/mol. The first-order valence-electron chi connectivity index (χ1n) is 8.56. The van der Waals surface area contributed by atoms with Crippen LogP contribution >= 0.6 is 0 Å². The molecule has 0 atom stereocenters.